The number of nitrogens with zero attached hydrogens (tertiary/aromatic N) is 16. The summed E-state index contributed by atoms with van der Waals surface area (Å²) in [5.41, 5.74) is -0.0393. The number of benzene rings is 3. The van der Waals surface area contributed by atoms with Crippen LogP contribution in [0.25, 0.3) is 34.0 Å². The Morgan fingerprint density at radius 1 is 0.451 bits per heavy atom. The number of nitriles is 8. The molecule has 228 valence electrons. The van der Waals surface area contributed by atoms with E-state index in [2.05, 4.69) is 39.9 Å². The molecule has 2 aliphatic rings. The van der Waals surface area contributed by atoms with Gasteiger partial charge in [0.2, 0.25) is 5.82 Å². The number of hydrogen-bond donors (Lipinski definition) is 0. The molecular weight excluding hydrogens is 648 g/mol. The molecule has 2 aromatic heterocycles. The fourth-order valence-corrected chi connectivity index (χ4v) is 4.96. The van der Waals surface area contributed by atoms with Crippen molar-refractivity contribution in [2.75, 3.05) is 0 Å². The first kappa shape index (κ1) is 30.4. The third kappa shape index (κ3) is 4.99. The van der Waals surface area contributed by atoms with Crippen molar-refractivity contribution in [3.8, 4) is 60.3 Å². The molecule has 0 atom stereocenters. The monoisotopic (exact) mass is 654 g/mol. The quantitative estimate of drug-likeness (QED) is 0.247. The molecule has 5 aromatic rings. The molecule has 17 heteroatoms. The average molecular weight is 655 g/mol. The Morgan fingerprint density at radius 3 is 1.20 bits per heavy atom. The van der Waals surface area contributed by atoms with Crippen molar-refractivity contribution >= 4 is 22.2 Å². The minimum atomic E-state index is -0.339. The lowest BCUT2D eigenvalue weighted by molar-refractivity contribution is 0.611. The maximum Gasteiger partial charge on any atom is 0.266 e. The predicted octanol–water partition coefficient (Wildman–Crippen LogP) is 1.20. The molecule has 0 aliphatic carbocycles. The molecule has 0 saturated heterocycles. The molecule has 0 unspecified atom stereocenters. The number of rotatable bonds is 3. The first-order valence-electron chi connectivity index (χ1n) is 14.0. The van der Waals surface area contributed by atoms with Crippen molar-refractivity contribution in [3.63, 3.8) is 0 Å². The van der Waals surface area contributed by atoms with E-state index in [9.17, 15) is 42.1 Å². The van der Waals surface area contributed by atoms with E-state index in [-0.39, 0.29) is 112 Å². The highest BCUT2D eigenvalue weighted by Crippen LogP contribution is 2.28. The Balaban J connectivity index is 1.49. The zero-order valence-electron chi connectivity index (χ0n) is 25.0. The van der Waals surface area contributed by atoms with Crippen LogP contribution in [0.4, 0.5) is 0 Å². The van der Waals surface area contributed by atoms with Gasteiger partial charge >= 0.3 is 0 Å². The Morgan fingerprint density at radius 2 is 0.824 bits per heavy atom. The van der Waals surface area contributed by atoms with E-state index in [1.54, 1.807) is 0 Å². The van der Waals surface area contributed by atoms with E-state index < -0.39 is 0 Å². The summed E-state index contributed by atoms with van der Waals surface area (Å²) in [5, 5.41) is 78.2. The summed E-state index contributed by atoms with van der Waals surface area (Å²) in [6.07, 6.45) is 0. The molecule has 3 aromatic carbocycles. The van der Waals surface area contributed by atoms with Crippen LogP contribution in [0.15, 0.2) is 72.4 Å². The van der Waals surface area contributed by atoms with Gasteiger partial charge in [-0.15, -0.1) is 0 Å². The van der Waals surface area contributed by atoms with E-state index in [1.807, 2.05) is 48.6 Å². The summed E-state index contributed by atoms with van der Waals surface area (Å²) in [6, 6.07) is 23.4. The van der Waals surface area contributed by atoms with Gasteiger partial charge < -0.3 is 4.42 Å². The van der Waals surface area contributed by atoms with Gasteiger partial charge in [0.1, 0.15) is 65.2 Å². The first-order chi connectivity index (χ1) is 24.8. The van der Waals surface area contributed by atoms with E-state index in [0.717, 1.165) is 0 Å². The Labute approximate surface area is 283 Å². The topological polar surface area (TPSA) is 304 Å². The molecule has 0 bridgehead atoms. The van der Waals surface area contributed by atoms with Gasteiger partial charge in [-0.05, 0) is 30.3 Å². The molecule has 0 radical (unpaired) electrons. The van der Waals surface area contributed by atoms with Gasteiger partial charge in [0.15, 0.2) is 28.9 Å². The normalized spacial score (nSPS) is 11.5. The zero-order chi connectivity index (χ0) is 35.8. The third-order valence-electron chi connectivity index (χ3n) is 7.33. The number of fused-ring (bicyclic) bond motifs is 3. The van der Waals surface area contributed by atoms with Crippen LogP contribution in [-0.4, -0.2) is 19.9 Å². The van der Waals surface area contributed by atoms with Gasteiger partial charge in [-0.3, -0.25) is 0 Å². The fraction of sp³-hybridized carbons (Fsp3) is 0. The number of allylic oxidation sites excluding steroid dienone is 2. The van der Waals surface area contributed by atoms with Crippen molar-refractivity contribution in [1.82, 2.24) is 19.9 Å². The second-order valence-electron chi connectivity index (χ2n) is 10.2. The van der Waals surface area contributed by atoms with Crippen LogP contribution in [-0.2, 0) is 0 Å². The molecule has 17 nitrogen and oxygen atoms in total. The Hall–Kier alpha value is -9.26. The summed E-state index contributed by atoms with van der Waals surface area (Å²) in [5.74, 6) is -1.55. The van der Waals surface area contributed by atoms with Crippen LogP contribution in [0.1, 0.15) is 45.0 Å². The minimum Gasteiger partial charge on any atom is -0.433 e. The van der Waals surface area contributed by atoms with Gasteiger partial charge in [0.05, 0.1) is 54.8 Å². The highest BCUT2D eigenvalue weighted by Gasteiger charge is 2.25. The van der Waals surface area contributed by atoms with Gasteiger partial charge in [-0.1, -0.05) is 0 Å². The summed E-state index contributed by atoms with van der Waals surface area (Å²) in [7, 11) is 0. The van der Waals surface area contributed by atoms with Crippen LogP contribution in [0.3, 0.4) is 0 Å². The van der Waals surface area contributed by atoms with Crippen LogP contribution in [0.5, 0.6) is 0 Å². The standard InChI is InChI=1S/C34H6N16O/c35-7-15-1-23-24(2-16(15)8-36)44-29(43-23)21(13-41)31-48-32(22(14-42)30-45-25-3-17(9-37)18(10-38)4-26(25)46-30)50-33(49-31)34-47-27-5-19(11-39)20(12-40)6-28(27)51-34/h1-6H. The van der Waals surface area contributed by atoms with E-state index in [4.69, 9.17) is 4.42 Å². The van der Waals surface area contributed by atoms with Gasteiger partial charge in [0.25, 0.3) is 5.89 Å². The van der Waals surface area contributed by atoms with Gasteiger partial charge in [-0.25, -0.2) is 39.9 Å². The number of aromatic nitrogens is 4. The highest BCUT2D eigenvalue weighted by atomic mass is 16.3. The Bertz CT molecular complexity index is 2870. The molecule has 0 spiro atoms. The lowest BCUT2D eigenvalue weighted by atomic mass is 10.1. The summed E-state index contributed by atoms with van der Waals surface area (Å²) in [6.45, 7) is 0. The van der Waals surface area contributed by atoms with Crippen LogP contribution >= 0.6 is 0 Å². The second-order valence-corrected chi connectivity index (χ2v) is 10.2. The molecular formula is C34H6N16O. The highest BCUT2D eigenvalue weighted by molar-refractivity contribution is 5.82. The summed E-state index contributed by atoms with van der Waals surface area (Å²) < 4.78 is 5.85. The summed E-state index contributed by atoms with van der Waals surface area (Å²) >= 11 is 0. The fourth-order valence-electron chi connectivity index (χ4n) is 4.96. The maximum atomic E-state index is 10.3. The number of hydrogen-bond acceptors (Lipinski definition) is 17. The predicted molar refractivity (Wildman–Crippen MR) is 164 cm³/mol. The van der Waals surface area contributed by atoms with Gasteiger partial charge in [-0.2, -0.15) is 42.1 Å². The molecule has 4 heterocycles. The SMILES string of the molecule is N#CC(=C1N=c2cc(C#N)c(C#N)cc2=N1)c1nc(C(C#N)=C2N=c3cc(C#N)c(C#N)cc3=N2)nc(-c2nc3cc(C#N)c(C#N)cc3o2)n1. The molecule has 0 saturated carbocycles. The number of oxazole rings is 1. The lowest BCUT2D eigenvalue weighted by Gasteiger charge is -2.05. The molecule has 0 N–H and O–H groups in total. The van der Waals surface area contributed by atoms with Crippen molar-refractivity contribution in [3.05, 3.63) is 114 Å². The maximum absolute atomic E-state index is 10.3. The third-order valence-corrected chi connectivity index (χ3v) is 7.33. The summed E-state index contributed by atoms with van der Waals surface area (Å²) in [4.78, 5) is 34.9. The van der Waals surface area contributed by atoms with Gasteiger partial charge in [0, 0.05) is 6.07 Å². The molecule has 0 amide bonds. The van der Waals surface area contributed by atoms with E-state index in [1.165, 1.54) is 36.4 Å². The van der Waals surface area contributed by atoms with Crippen molar-refractivity contribution in [2.45, 2.75) is 0 Å². The molecule has 2 aliphatic heterocycles. The zero-order valence-corrected chi connectivity index (χ0v) is 25.0. The van der Waals surface area contributed by atoms with Crippen molar-refractivity contribution < 1.29 is 4.42 Å². The largest absolute Gasteiger partial charge is 0.433 e. The lowest BCUT2D eigenvalue weighted by Crippen LogP contribution is -2.22. The average Bonchev–Trinajstić information content (AvgIpc) is 3.89. The second kappa shape index (κ2) is 11.8. The smallest absolute Gasteiger partial charge is 0.266 e. The van der Waals surface area contributed by atoms with Crippen LogP contribution in [0, 0.1) is 90.6 Å². The van der Waals surface area contributed by atoms with Crippen LogP contribution < -0.4 is 21.4 Å². The van der Waals surface area contributed by atoms with Crippen molar-refractivity contribution in [2.24, 2.45) is 20.0 Å². The van der Waals surface area contributed by atoms with E-state index in [0.29, 0.717) is 0 Å². The molecule has 0 fully saturated rings. The first-order valence-corrected chi connectivity index (χ1v) is 14.0. The van der Waals surface area contributed by atoms with E-state index >= 15 is 0 Å². The Kier molecular flexibility index (Phi) is 7.05. The molecule has 51 heavy (non-hydrogen) atoms. The van der Waals surface area contributed by atoms with Crippen molar-refractivity contribution in [1.29, 1.82) is 42.1 Å². The molecule has 7 rings (SSSR count). The van der Waals surface area contributed by atoms with Crippen LogP contribution in [0.2, 0.25) is 0 Å². The minimum absolute atomic E-state index is 0.0315.